The van der Waals surface area contributed by atoms with Gasteiger partial charge in [-0.05, 0) is 51.0 Å². The number of carboxylic acids is 1. The Morgan fingerprint density at radius 3 is 2.23 bits per heavy atom. The molecule has 1 rings (SSSR count). The molecular weight excluding hydrogens is 329 g/mol. The second-order valence-electron chi connectivity index (χ2n) is 5.92. The number of hydrogen-bond donors (Lipinski definition) is 2. The summed E-state index contributed by atoms with van der Waals surface area (Å²) in [5, 5.41) is 12.4. The molecule has 0 aliphatic carbocycles. The SMILES string of the molecule is CC(C)(C)OC(=O)NC(CC(=O)O)Cc1cc(Cl)cc(Cl)c1. The number of carbonyl (C=O) groups is 2. The van der Waals surface area contributed by atoms with Crippen molar-refractivity contribution in [2.24, 2.45) is 0 Å². The first-order valence-corrected chi connectivity index (χ1v) is 7.47. The van der Waals surface area contributed by atoms with Crippen LogP contribution in [0.2, 0.25) is 10.0 Å². The number of nitrogens with one attached hydrogen (secondary N) is 1. The summed E-state index contributed by atoms with van der Waals surface area (Å²) < 4.78 is 5.14. The Morgan fingerprint density at radius 1 is 1.23 bits per heavy atom. The van der Waals surface area contributed by atoms with Gasteiger partial charge >= 0.3 is 12.1 Å². The Morgan fingerprint density at radius 2 is 1.77 bits per heavy atom. The number of ether oxygens (including phenoxy) is 1. The first-order chi connectivity index (χ1) is 10.0. The van der Waals surface area contributed by atoms with E-state index in [0.29, 0.717) is 10.0 Å². The molecule has 0 aromatic heterocycles. The second kappa shape index (κ2) is 7.70. The normalized spacial score (nSPS) is 12.6. The number of benzene rings is 1. The molecule has 1 unspecified atom stereocenters. The van der Waals surface area contributed by atoms with Gasteiger partial charge in [0, 0.05) is 16.1 Å². The monoisotopic (exact) mass is 347 g/mol. The average Bonchev–Trinajstić information content (AvgIpc) is 2.22. The lowest BCUT2D eigenvalue weighted by atomic mass is 10.0. The van der Waals surface area contributed by atoms with Crippen molar-refractivity contribution >= 4 is 35.3 Å². The highest BCUT2D eigenvalue weighted by Crippen LogP contribution is 2.20. The van der Waals surface area contributed by atoms with Crippen LogP contribution in [0.3, 0.4) is 0 Å². The zero-order chi connectivity index (χ0) is 16.9. The van der Waals surface area contributed by atoms with Gasteiger partial charge in [0.2, 0.25) is 0 Å². The number of rotatable bonds is 5. The largest absolute Gasteiger partial charge is 0.481 e. The summed E-state index contributed by atoms with van der Waals surface area (Å²) in [6.45, 7) is 5.20. The number of halogens is 2. The minimum Gasteiger partial charge on any atom is -0.481 e. The molecule has 22 heavy (non-hydrogen) atoms. The van der Waals surface area contributed by atoms with E-state index in [2.05, 4.69) is 5.32 Å². The molecule has 0 saturated carbocycles. The molecule has 0 radical (unpaired) electrons. The van der Waals surface area contributed by atoms with Crippen LogP contribution in [0.25, 0.3) is 0 Å². The van der Waals surface area contributed by atoms with E-state index in [4.69, 9.17) is 33.0 Å². The molecule has 5 nitrogen and oxygen atoms in total. The number of carboxylic acid groups (broad SMARTS) is 1. The van der Waals surface area contributed by atoms with Gasteiger partial charge in [-0.25, -0.2) is 4.79 Å². The molecule has 1 aromatic rings. The number of alkyl carbamates (subject to hydrolysis) is 1. The van der Waals surface area contributed by atoms with Gasteiger partial charge in [-0.15, -0.1) is 0 Å². The van der Waals surface area contributed by atoms with E-state index in [0.717, 1.165) is 5.56 Å². The summed E-state index contributed by atoms with van der Waals surface area (Å²) in [5.74, 6) is -1.02. The van der Waals surface area contributed by atoms with Gasteiger partial charge in [0.25, 0.3) is 0 Å². The van der Waals surface area contributed by atoms with E-state index in [1.54, 1.807) is 39.0 Å². The average molecular weight is 348 g/mol. The quantitative estimate of drug-likeness (QED) is 0.846. The molecule has 0 aliphatic heterocycles. The maximum Gasteiger partial charge on any atom is 0.407 e. The predicted octanol–water partition coefficient (Wildman–Crippen LogP) is 3.90. The number of amides is 1. The molecule has 0 aliphatic rings. The molecule has 0 spiro atoms. The standard InChI is InChI=1S/C15H19Cl2NO4/c1-15(2,3)22-14(21)18-12(8-13(19)20)6-9-4-10(16)7-11(17)5-9/h4-5,7,12H,6,8H2,1-3H3,(H,18,21)(H,19,20). The Bertz CT molecular complexity index is 535. The Balaban J connectivity index is 2.80. The molecule has 122 valence electrons. The van der Waals surface area contributed by atoms with Crippen LogP contribution >= 0.6 is 23.2 Å². The van der Waals surface area contributed by atoms with E-state index in [1.165, 1.54) is 0 Å². The molecule has 1 aromatic carbocycles. The van der Waals surface area contributed by atoms with Crippen molar-refractivity contribution in [3.05, 3.63) is 33.8 Å². The maximum atomic E-state index is 11.8. The van der Waals surface area contributed by atoms with Crippen molar-refractivity contribution in [2.45, 2.75) is 45.3 Å². The minimum absolute atomic E-state index is 0.233. The highest BCUT2D eigenvalue weighted by Gasteiger charge is 2.21. The van der Waals surface area contributed by atoms with E-state index < -0.39 is 23.7 Å². The third kappa shape index (κ3) is 7.52. The minimum atomic E-state index is -1.02. The van der Waals surface area contributed by atoms with E-state index in [1.807, 2.05) is 0 Å². The van der Waals surface area contributed by atoms with E-state index in [9.17, 15) is 9.59 Å². The highest BCUT2D eigenvalue weighted by atomic mass is 35.5. The smallest absolute Gasteiger partial charge is 0.407 e. The van der Waals surface area contributed by atoms with Gasteiger partial charge in [-0.2, -0.15) is 0 Å². The van der Waals surface area contributed by atoms with E-state index >= 15 is 0 Å². The fourth-order valence-corrected chi connectivity index (χ4v) is 2.44. The Labute approximate surface area is 139 Å². The second-order valence-corrected chi connectivity index (χ2v) is 6.80. The fourth-order valence-electron chi connectivity index (χ4n) is 1.87. The highest BCUT2D eigenvalue weighted by molar-refractivity contribution is 6.34. The first kappa shape index (κ1) is 18.6. The first-order valence-electron chi connectivity index (χ1n) is 6.71. The number of hydrogen-bond acceptors (Lipinski definition) is 3. The molecule has 0 heterocycles. The zero-order valence-corrected chi connectivity index (χ0v) is 14.2. The van der Waals surface area contributed by atoms with Crippen LogP contribution in [0.1, 0.15) is 32.8 Å². The Kier molecular flexibility index (Phi) is 6.50. The summed E-state index contributed by atoms with van der Waals surface area (Å²) in [6, 6.07) is 4.32. The van der Waals surface area contributed by atoms with Gasteiger partial charge < -0.3 is 15.2 Å². The molecule has 7 heteroatoms. The summed E-state index contributed by atoms with van der Waals surface area (Å²) in [6.07, 6.45) is -0.610. The van der Waals surface area contributed by atoms with Crippen molar-refractivity contribution in [2.75, 3.05) is 0 Å². The van der Waals surface area contributed by atoms with Crippen LogP contribution in [0.4, 0.5) is 4.79 Å². The van der Waals surface area contributed by atoms with Gasteiger partial charge in [0.1, 0.15) is 5.60 Å². The molecule has 0 bridgehead atoms. The van der Waals surface area contributed by atoms with Crippen LogP contribution < -0.4 is 5.32 Å². The summed E-state index contributed by atoms with van der Waals surface area (Å²) in [4.78, 5) is 22.8. The van der Waals surface area contributed by atoms with Crippen LogP contribution in [0, 0.1) is 0 Å². The summed E-state index contributed by atoms with van der Waals surface area (Å²) >= 11 is 11.8. The zero-order valence-electron chi connectivity index (χ0n) is 12.7. The van der Waals surface area contributed by atoms with Crippen LogP contribution in [0.15, 0.2) is 18.2 Å². The van der Waals surface area contributed by atoms with E-state index in [-0.39, 0.29) is 12.8 Å². The van der Waals surface area contributed by atoms with Gasteiger partial charge in [0.15, 0.2) is 0 Å². The molecule has 1 amide bonds. The predicted molar refractivity (Wildman–Crippen MR) is 85.6 cm³/mol. The number of aliphatic carboxylic acids is 1. The van der Waals surface area contributed by atoms with Gasteiger partial charge in [-0.3, -0.25) is 4.79 Å². The van der Waals surface area contributed by atoms with Crippen LogP contribution in [-0.4, -0.2) is 28.8 Å². The molecule has 1 atom stereocenters. The summed E-state index contributed by atoms with van der Waals surface area (Å²) in [5.41, 5.74) is 0.0804. The lowest BCUT2D eigenvalue weighted by molar-refractivity contribution is -0.137. The van der Waals surface area contributed by atoms with Crippen LogP contribution in [-0.2, 0) is 16.0 Å². The Hall–Kier alpha value is -1.46. The molecule has 0 fully saturated rings. The molecule has 0 saturated heterocycles. The van der Waals surface area contributed by atoms with Gasteiger partial charge in [0.05, 0.1) is 6.42 Å². The lowest BCUT2D eigenvalue weighted by Crippen LogP contribution is -2.41. The molecular formula is C15H19Cl2NO4. The van der Waals surface area contributed by atoms with Gasteiger partial charge in [-0.1, -0.05) is 23.2 Å². The van der Waals surface area contributed by atoms with Crippen molar-refractivity contribution in [3.63, 3.8) is 0 Å². The third-order valence-corrected chi connectivity index (χ3v) is 2.98. The van der Waals surface area contributed by atoms with Crippen molar-refractivity contribution in [1.29, 1.82) is 0 Å². The number of carbonyl (C=O) groups excluding carboxylic acids is 1. The lowest BCUT2D eigenvalue weighted by Gasteiger charge is -2.23. The topological polar surface area (TPSA) is 75.6 Å². The third-order valence-electron chi connectivity index (χ3n) is 2.55. The van der Waals surface area contributed by atoms with Crippen LogP contribution in [0.5, 0.6) is 0 Å². The van der Waals surface area contributed by atoms with Crippen molar-refractivity contribution in [1.82, 2.24) is 5.32 Å². The van der Waals surface area contributed by atoms with Crippen molar-refractivity contribution < 1.29 is 19.4 Å². The van der Waals surface area contributed by atoms with Crippen molar-refractivity contribution in [3.8, 4) is 0 Å². The summed E-state index contributed by atoms with van der Waals surface area (Å²) in [7, 11) is 0. The maximum absolute atomic E-state index is 11.8. The molecule has 2 N–H and O–H groups in total. The fraction of sp³-hybridized carbons (Fsp3) is 0.467.